The van der Waals surface area contributed by atoms with Crippen LogP contribution in [0.3, 0.4) is 0 Å². The van der Waals surface area contributed by atoms with Gasteiger partial charge in [-0.15, -0.1) is 0 Å². The second-order valence-corrected chi connectivity index (χ2v) is 2.24. The van der Waals surface area contributed by atoms with Gasteiger partial charge in [-0.1, -0.05) is 0 Å². The van der Waals surface area contributed by atoms with Crippen LogP contribution in [0.4, 0.5) is 0 Å². The van der Waals surface area contributed by atoms with Crippen LogP contribution in [-0.2, 0) is 4.79 Å². The lowest BCUT2D eigenvalue weighted by molar-refractivity contribution is -0.140. The Balaban J connectivity index is 3.27. The molecule has 0 saturated heterocycles. The number of nitrogens with one attached hydrogen (secondary N) is 2. The number of aromatic nitrogens is 3. The SMILES string of the molecule is CC(C(=O)O)n1c(=O)[nH][nH]c1=O. The van der Waals surface area contributed by atoms with E-state index < -0.39 is 23.4 Å². The molecule has 0 aliphatic carbocycles. The number of rotatable bonds is 2. The van der Waals surface area contributed by atoms with Crippen LogP contribution in [0.1, 0.15) is 13.0 Å². The third-order valence-corrected chi connectivity index (χ3v) is 1.46. The van der Waals surface area contributed by atoms with Crippen molar-refractivity contribution in [3.8, 4) is 0 Å². The van der Waals surface area contributed by atoms with Gasteiger partial charge in [0.25, 0.3) is 0 Å². The van der Waals surface area contributed by atoms with Gasteiger partial charge in [0.05, 0.1) is 0 Å². The number of aliphatic carboxylic acids is 1. The van der Waals surface area contributed by atoms with Crippen LogP contribution in [0.15, 0.2) is 9.59 Å². The third kappa shape index (κ3) is 1.16. The van der Waals surface area contributed by atoms with Crippen molar-refractivity contribution in [2.45, 2.75) is 13.0 Å². The molecule has 1 aromatic heterocycles. The summed E-state index contributed by atoms with van der Waals surface area (Å²) in [7, 11) is 0. The highest BCUT2D eigenvalue weighted by molar-refractivity contribution is 5.71. The van der Waals surface area contributed by atoms with Crippen molar-refractivity contribution in [2.24, 2.45) is 0 Å². The van der Waals surface area contributed by atoms with Crippen molar-refractivity contribution in [1.82, 2.24) is 14.8 Å². The van der Waals surface area contributed by atoms with Crippen LogP contribution < -0.4 is 11.4 Å². The zero-order valence-electron chi connectivity index (χ0n) is 6.20. The molecule has 1 atom stereocenters. The molecule has 0 saturated carbocycles. The van der Waals surface area contributed by atoms with Crippen LogP contribution in [0.25, 0.3) is 0 Å². The molecule has 7 nitrogen and oxygen atoms in total. The normalized spacial score (nSPS) is 12.8. The molecule has 7 heteroatoms. The first kappa shape index (κ1) is 8.31. The van der Waals surface area contributed by atoms with E-state index in [-0.39, 0.29) is 0 Å². The van der Waals surface area contributed by atoms with Gasteiger partial charge < -0.3 is 5.11 Å². The van der Waals surface area contributed by atoms with E-state index in [2.05, 4.69) is 0 Å². The zero-order valence-corrected chi connectivity index (χ0v) is 6.20. The van der Waals surface area contributed by atoms with Crippen molar-refractivity contribution in [1.29, 1.82) is 0 Å². The minimum atomic E-state index is -1.23. The fourth-order valence-electron chi connectivity index (χ4n) is 0.782. The minimum absolute atomic E-state index is 0.586. The first-order chi connectivity index (χ1) is 5.54. The summed E-state index contributed by atoms with van der Waals surface area (Å²) < 4.78 is 0.586. The number of carboxylic acid groups (broad SMARTS) is 1. The predicted molar refractivity (Wildman–Crippen MR) is 38.0 cm³/mol. The largest absolute Gasteiger partial charge is 0.480 e. The van der Waals surface area contributed by atoms with Crippen LogP contribution >= 0.6 is 0 Å². The number of aromatic amines is 2. The standard InChI is InChI=1S/C5H7N3O4/c1-2(3(9)10)8-4(11)6-7-5(8)12/h2H,1H3,(H,6,11)(H,7,12)(H,9,10). The van der Waals surface area contributed by atoms with Crippen LogP contribution in [0.2, 0.25) is 0 Å². The van der Waals surface area contributed by atoms with Gasteiger partial charge in [-0.3, -0.25) is 0 Å². The molecule has 1 rings (SSSR count). The van der Waals surface area contributed by atoms with Gasteiger partial charge in [0, 0.05) is 0 Å². The van der Waals surface area contributed by atoms with Crippen molar-refractivity contribution in [3.63, 3.8) is 0 Å². The molecule has 0 aliphatic rings. The van der Waals surface area contributed by atoms with Gasteiger partial charge in [-0.25, -0.2) is 29.1 Å². The topological polar surface area (TPSA) is 108 Å². The smallest absolute Gasteiger partial charge is 0.345 e. The number of nitrogens with zero attached hydrogens (tertiary/aromatic N) is 1. The van der Waals surface area contributed by atoms with Gasteiger partial charge in [0.1, 0.15) is 6.04 Å². The number of carbonyl (C=O) groups is 1. The lowest BCUT2D eigenvalue weighted by atomic mass is 10.3. The fourth-order valence-corrected chi connectivity index (χ4v) is 0.782. The Hall–Kier alpha value is -1.79. The molecule has 0 aliphatic heterocycles. The van der Waals surface area contributed by atoms with Crippen LogP contribution in [0.5, 0.6) is 0 Å². The Labute approximate surface area is 65.6 Å². The van der Waals surface area contributed by atoms with E-state index in [1.165, 1.54) is 6.92 Å². The van der Waals surface area contributed by atoms with Gasteiger partial charge in [0.2, 0.25) is 0 Å². The van der Waals surface area contributed by atoms with Gasteiger partial charge in [0.15, 0.2) is 0 Å². The van der Waals surface area contributed by atoms with Crippen LogP contribution in [-0.4, -0.2) is 25.8 Å². The predicted octanol–water partition coefficient (Wildman–Crippen LogP) is -1.49. The minimum Gasteiger partial charge on any atom is -0.480 e. The van der Waals surface area contributed by atoms with Crippen molar-refractivity contribution in [2.75, 3.05) is 0 Å². The Kier molecular flexibility index (Phi) is 1.86. The molecule has 12 heavy (non-hydrogen) atoms. The van der Waals surface area contributed by atoms with E-state index in [4.69, 9.17) is 5.11 Å². The van der Waals surface area contributed by atoms with E-state index in [0.29, 0.717) is 4.57 Å². The fraction of sp³-hybridized carbons (Fsp3) is 0.400. The summed E-state index contributed by atoms with van der Waals surface area (Å²) in [6.07, 6.45) is 0. The van der Waals surface area contributed by atoms with Gasteiger partial charge >= 0.3 is 17.3 Å². The van der Waals surface area contributed by atoms with Crippen molar-refractivity contribution < 1.29 is 9.90 Å². The Bertz CT molecular complexity index is 370. The van der Waals surface area contributed by atoms with E-state index >= 15 is 0 Å². The number of H-pyrrole nitrogens is 2. The highest BCUT2D eigenvalue weighted by Crippen LogP contribution is 1.95. The first-order valence-corrected chi connectivity index (χ1v) is 3.16. The summed E-state index contributed by atoms with van der Waals surface area (Å²) in [6.45, 7) is 1.24. The number of carboxylic acids is 1. The Morgan fingerprint density at radius 2 is 1.83 bits per heavy atom. The zero-order chi connectivity index (χ0) is 9.30. The molecule has 0 radical (unpaired) electrons. The summed E-state index contributed by atoms with van der Waals surface area (Å²) in [5, 5.41) is 12.4. The van der Waals surface area contributed by atoms with E-state index in [1.54, 1.807) is 0 Å². The molecule has 0 amide bonds. The summed E-state index contributed by atoms with van der Waals surface area (Å²) >= 11 is 0. The molecule has 0 aromatic carbocycles. The Morgan fingerprint density at radius 1 is 1.42 bits per heavy atom. The average molecular weight is 173 g/mol. The quantitative estimate of drug-likeness (QED) is 0.506. The summed E-state index contributed by atoms with van der Waals surface area (Å²) in [5.74, 6) is -1.23. The van der Waals surface area contributed by atoms with Crippen LogP contribution in [0, 0.1) is 0 Å². The molecule has 1 unspecified atom stereocenters. The van der Waals surface area contributed by atoms with Crippen molar-refractivity contribution in [3.05, 3.63) is 21.0 Å². The van der Waals surface area contributed by atoms with E-state index in [1.807, 2.05) is 10.2 Å². The van der Waals surface area contributed by atoms with E-state index in [0.717, 1.165) is 0 Å². The lowest BCUT2D eigenvalue weighted by Crippen LogP contribution is -2.33. The number of hydrogen-bond acceptors (Lipinski definition) is 3. The lowest BCUT2D eigenvalue weighted by Gasteiger charge is -2.02. The average Bonchev–Trinajstić information content (AvgIpc) is 2.30. The third-order valence-electron chi connectivity index (χ3n) is 1.46. The Morgan fingerprint density at radius 3 is 2.17 bits per heavy atom. The highest BCUT2D eigenvalue weighted by Gasteiger charge is 2.17. The molecule has 0 fully saturated rings. The molecular formula is C5H7N3O4. The highest BCUT2D eigenvalue weighted by atomic mass is 16.4. The van der Waals surface area contributed by atoms with Gasteiger partial charge in [-0.05, 0) is 6.92 Å². The second kappa shape index (κ2) is 2.68. The van der Waals surface area contributed by atoms with Crippen molar-refractivity contribution >= 4 is 5.97 Å². The molecule has 1 aromatic rings. The van der Waals surface area contributed by atoms with E-state index in [9.17, 15) is 14.4 Å². The summed E-state index contributed by atoms with van der Waals surface area (Å²) in [4.78, 5) is 32.0. The summed E-state index contributed by atoms with van der Waals surface area (Å²) in [6, 6.07) is -1.16. The maximum absolute atomic E-state index is 10.8. The second-order valence-electron chi connectivity index (χ2n) is 2.24. The van der Waals surface area contributed by atoms with Gasteiger partial charge in [-0.2, -0.15) is 0 Å². The molecule has 3 N–H and O–H groups in total. The monoisotopic (exact) mass is 173 g/mol. The maximum Gasteiger partial charge on any atom is 0.345 e. The molecule has 0 spiro atoms. The first-order valence-electron chi connectivity index (χ1n) is 3.16. The molecular weight excluding hydrogens is 166 g/mol. The molecule has 0 bridgehead atoms. The number of hydrogen-bond donors (Lipinski definition) is 3. The molecule has 66 valence electrons. The summed E-state index contributed by atoms with van der Waals surface area (Å²) in [5.41, 5.74) is -1.51. The maximum atomic E-state index is 10.8. The molecule has 1 heterocycles.